The third-order valence-corrected chi connectivity index (χ3v) is 5.92. The highest BCUT2D eigenvalue weighted by Gasteiger charge is 2.29. The smallest absolute Gasteiger partial charge is 0.255 e. The fraction of sp³-hybridized carbons (Fsp3) is 0.304. The maximum absolute atomic E-state index is 14.3. The summed E-state index contributed by atoms with van der Waals surface area (Å²) in [4.78, 5) is 35.0. The molecule has 4 heterocycles. The molecule has 0 aliphatic carbocycles. The van der Waals surface area contributed by atoms with Crippen molar-refractivity contribution in [3.63, 3.8) is 0 Å². The number of rotatable bonds is 3. The Morgan fingerprint density at radius 1 is 1.22 bits per heavy atom. The van der Waals surface area contributed by atoms with E-state index in [2.05, 4.69) is 15.3 Å². The summed E-state index contributed by atoms with van der Waals surface area (Å²) in [5, 5.41) is 2.98. The van der Waals surface area contributed by atoms with Crippen LogP contribution in [0.25, 0.3) is 11.3 Å². The van der Waals surface area contributed by atoms with Crippen molar-refractivity contribution in [1.29, 1.82) is 0 Å². The molecule has 1 aromatic carbocycles. The summed E-state index contributed by atoms with van der Waals surface area (Å²) in [6.07, 6.45) is 3.43. The minimum absolute atomic E-state index is 0.00578. The highest BCUT2D eigenvalue weighted by atomic mass is 19.1. The molecular formula is C23H22FN5O3. The number of hydrogen-bond acceptors (Lipinski definition) is 6. The van der Waals surface area contributed by atoms with Crippen LogP contribution < -0.4 is 15.8 Å². The van der Waals surface area contributed by atoms with Gasteiger partial charge in [-0.3, -0.25) is 19.1 Å². The molecule has 8 nitrogen and oxygen atoms in total. The first-order valence-electron chi connectivity index (χ1n) is 10.5. The van der Waals surface area contributed by atoms with Crippen LogP contribution in [0.3, 0.4) is 0 Å². The molecule has 1 saturated heterocycles. The molecule has 1 amide bonds. The van der Waals surface area contributed by atoms with Crippen molar-refractivity contribution in [3.8, 4) is 11.3 Å². The van der Waals surface area contributed by atoms with E-state index in [0.29, 0.717) is 38.5 Å². The summed E-state index contributed by atoms with van der Waals surface area (Å²) < 4.78 is 21.8. The zero-order valence-electron chi connectivity index (χ0n) is 17.5. The molecular weight excluding hydrogens is 413 g/mol. The summed E-state index contributed by atoms with van der Waals surface area (Å²) in [6.45, 7) is 1.39. The largest absolute Gasteiger partial charge is 0.370 e. The summed E-state index contributed by atoms with van der Waals surface area (Å²) in [5.74, 6) is -0.106. The maximum Gasteiger partial charge on any atom is 0.255 e. The van der Waals surface area contributed by atoms with Crippen molar-refractivity contribution in [3.05, 3.63) is 70.0 Å². The normalized spacial score (nSPS) is 18.2. The van der Waals surface area contributed by atoms with Gasteiger partial charge in [-0.25, -0.2) is 9.37 Å². The number of pyridine rings is 1. The number of benzene rings is 1. The monoisotopic (exact) mass is 435 g/mol. The molecule has 32 heavy (non-hydrogen) atoms. The summed E-state index contributed by atoms with van der Waals surface area (Å²) >= 11 is 0. The van der Waals surface area contributed by atoms with Crippen LogP contribution in [0, 0.1) is 5.82 Å². The molecule has 0 spiro atoms. The first-order valence-corrected chi connectivity index (χ1v) is 10.5. The Labute approximate surface area is 183 Å². The lowest BCUT2D eigenvalue weighted by atomic mass is 9.95. The van der Waals surface area contributed by atoms with Gasteiger partial charge in [0.1, 0.15) is 6.10 Å². The Bertz CT molecular complexity index is 1260. The number of hydrogen-bond donors (Lipinski definition) is 1. The van der Waals surface area contributed by atoms with Gasteiger partial charge in [-0.2, -0.15) is 0 Å². The quantitative estimate of drug-likeness (QED) is 0.680. The topological polar surface area (TPSA) is 89.3 Å². The van der Waals surface area contributed by atoms with Crippen LogP contribution in [-0.4, -0.2) is 40.1 Å². The zero-order chi connectivity index (χ0) is 22.2. The highest BCUT2D eigenvalue weighted by Crippen LogP contribution is 2.35. The van der Waals surface area contributed by atoms with E-state index in [1.807, 2.05) is 23.1 Å². The minimum atomic E-state index is -0.536. The molecule has 3 aromatic rings. The second-order valence-corrected chi connectivity index (χ2v) is 7.93. The number of para-hydroxylation sites is 1. The lowest BCUT2D eigenvalue weighted by molar-refractivity contribution is -0.116. The molecule has 0 radical (unpaired) electrons. The van der Waals surface area contributed by atoms with Crippen LogP contribution >= 0.6 is 0 Å². The summed E-state index contributed by atoms with van der Waals surface area (Å²) in [5.41, 5.74) is 3.00. The maximum atomic E-state index is 14.3. The predicted octanol–water partition coefficient (Wildman–Crippen LogP) is 2.44. The van der Waals surface area contributed by atoms with E-state index in [1.54, 1.807) is 7.05 Å². The highest BCUT2D eigenvalue weighted by molar-refractivity contribution is 5.95. The molecule has 2 aliphatic rings. The summed E-state index contributed by atoms with van der Waals surface area (Å²) in [7, 11) is 1.65. The molecule has 1 atom stereocenters. The Balaban J connectivity index is 1.50. The molecule has 1 fully saturated rings. The minimum Gasteiger partial charge on any atom is -0.370 e. The van der Waals surface area contributed by atoms with E-state index < -0.39 is 5.82 Å². The van der Waals surface area contributed by atoms with Crippen molar-refractivity contribution in [2.24, 2.45) is 7.05 Å². The van der Waals surface area contributed by atoms with E-state index >= 15 is 0 Å². The van der Waals surface area contributed by atoms with E-state index in [0.717, 1.165) is 23.0 Å². The van der Waals surface area contributed by atoms with Crippen LogP contribution in [0.1, 0.15) is 23.7 Å². The Hall–Kier alpha value is -3.59. The molecule has 164 valence electrons. The van der Waals surface area contributed by atoms with Crippen molar-refractivity contribution < 1.29 is 13.9 Å². The molecule has 1 N–H and O–H groups in total. The molecule has 0 saturated carbocycles. The molecule has 2 aliphatic heterocycles. The fourth-order valence-corrected chi connectivity index (χ4v) is 4.25. The van der Waals surface area contributed by atoms with Gasteiger partial charge < -0.3 is 15.0 Å². The number of amides is 1. The van der Waals surface area contributed by atoms with E-state index in [9.17, 15) is 14.0 Å². The SMILES string of the molecule is Cn1c(N2CCOC(c3cccc4c3NC(=O)CC4)C2)nc(-c2ccncc2F)cc1=O. The second kappa shape index (κ2) is 8.16. The van der Waals surface area contributed by atoms with Gasteiger partial charge in [0, 0.05) is 49.1 Å². The Kier molecular flexibility index (Phi) is 5.18. The number of carbonyl (C=O) groups excluding carboxylic acids is 1. The van der Waals surface area contributed by atoms with Gasteiger partial charge in [0.05, 0.1) is 25.0 Å². The number of aryl methyl sites for hydroxylation is 1. The third kappa shape index (κ3) is 3.64. The average Bonchev–Trinajstić information content (AvgIpc) is 2.81. The van der Waals surface area contributed by atoms with Gasteiger partial charge in [0.25, 0.3) is 5.56 Å². The predicted molar refractivity (Wildman–Crippen MR) is 117 cm³/mol. The number of morpholine rings is 1. The second-order valence-electron chi connectivity index (χ2n) is 7.93. The number of ether oxygens (including phenoxy) is 1. The number of nitrogens with zero attached hydrogens (tertiary/aromatic N) is 4. The molecule has 1 unspecified atom stereocenters. The van der Waals surface area contributed by atoms with Crippen LogP contribution in [0.5, 0.6) is 0 Å². The van der Waals surface area contributed by atoms with Gasteiger partial charge in [0.2, 0.25) is 11.9 Å². The van der Waals surface area contributed by atoms with Gasteiger partial charge >= 0.3 is 0 Å². The van der Waals surface area contributed by atoms with Gasteiger partial charge in [-0.1, -0.05) is 18.2 Å². The number of fused-ring (bicyclic) bond motifs is 1. The number of aromatic nitrogens is 3. The molecule has 0 bridgehead atoms. The standard InChI is InChI=1S/C23H22FN5O3/c1-28-21(31)11-18(15-7-8-25-12-17(15)24)26-23(28)29-9-10-32-19(13-29)16-4-2-3-14-5-6-20(30)27-22(14)16/h2-4,7-8,11-12,19H,5-6,9-10,13H2,1H3,(H,27,30). The number of anilines is 2. The van der Waals surface area contributed by atoms with Crippen molar-refractivity contribution in [2.45, 2.75) is 18.9 Å². The number of nitrogens with one attached hydrogen (secondary N) is 1. The first kappa shape index (κ1) is 20.3. The van der Waals surface area contributed by atoms with Crippen molar-refractivity contribution >= 4 is 17.5 Å². The Morgan fingerprint density at radius 2 is 2.09 bits per heavy atom. The van der Waals surface area contributed by atoms with Gasteiger partial charge in [0.15, 0.2) is 5.82 Å². The van der Waals surface area contributed by atoms with E-state index in [4.69, 9.17) is 4.74 Å². The van der Waals surface area contributed by atoms with Crippen LogP contribution in [-0.2, 0) is 23.0 Å². The molecule has 5 rings (SSSR count). The fourth-order valence-electron chi connectivity index (χ4n) is 4.25. The van der Waals surface area contributed by atoms with Gasteiger partial charge in [-0.15, -0.1) is 0 Å². The molecule has 9 heteroatoms. The molecule has 2 aromatic heterocycles. The lowest BCUT2D eigenvalue weighted by Crippen LogP contribution is -2.42. The average molecular weight is 435 g/mol. The summed E-state index contributed by atoms with van der Waals surface area (Å²) in [6, 6.07) is 8.75. The zero-order valence-corrected chi connectivity index (χ0v) is 17.5. The van der Waals surface area contributed by atoms with Gasteiger partial charge in [-0.05, 0) is 18.1 Å². The lowest BCUT2D eigenvalue weighted by Gasteiger charge is -2.36. The van der Waals surface area contributed by atoms with Crippen LogP contribution in [0.15, 0.2) is 47.5 Å². The third-order valence-electron chi connectivity index (χ3n) is 5.92. The number of carbonyl (C=O) groups is 1. The van der Waals surface area contributed by atoms with Crippen LogP contribution in [0.2, 0.25) is 0 Å². The van der Waals surface area contributed by atoms with Crippen molar-refractivity contribution in [2.75, 3.05) is 29.9 Å². The Morgan fingerprint density at radius 3 is 2.94 bits per heavy atom. The van der Waals surface area contributed by atoms with Crippen LogP contribution in [0.4, 0.5) is 16.0 Å². The van der Waals surface area contributed by atoms with E-state index in [1.165, 1.54) is 22.9 Å². The first-order chi connectivity index (χ1) is 15.5. The van der Waals surface area contributed by atoms with E-state index in [-0.39, 0.29) is 28.8 Å². The number of halogens is 1. The van der Waals surface area contributed by atoms with Crippen molar-refractivity contribution in [1.82, 2.24) is 14.5 Å².